The summed E-state index contributed by atoms with van der Waals surface area (Å²) in [6.07, 6.45) is 4.25. The van der Waals surface area contributed by atoms with Crippen LogP contribution >= 0.6 is 0 Å². The first-order valence-electron chi connectivity index (χ1n) is 3.85. The van der Waals surface area contributed by atoms with E-state index < -0.39 is 0 Å². The molecule has 0 amide bonds. The molecule has 0 atom stereocenters. The van der Waals surface area contributed by atoms with Crippen LogP contribution in [0.15, 0.2) is 17.4 Å². The Morgan fingerprint density at radius 3 is 2.20 bits per heavy atom. The second-order valence-corrected chi connectivity index (χ2v) is 2.68. The van der Waals surface area contributed by atoms with Crippen LogP contribution in [-0.4, -0.2) is 23.4 Å². The van der Waals surface area contributed by atoms with E-state index in [-0.39, 0.29) is 0 Å². The highest BCUT2D eigenvalue weighted by Crippen LogP contribution is 2.14. The molecule has 0 saturated carbocycles. The van der Waals surface area contributed by atoms with E-state index in [2.05, 4.69) is 31.2 Å². The average molecular weight is 139 g/mol. The molecule has 0 saturated heterocycles. The van der Waals surface area contributed by atoms with Crippen molar-refractivity contribution in [1.82, 2.24) is 0 Å². The lowest BCUT2D eigenvalue weighted by atomic mass is 10.4. The smallest absolute Gasteiger partial charge is 0.124 e. The van der Waals surface area contributed by atoms with Gasteiger partial charge in [0, 0.05) is 6.08 Å². The van der Waals surface area contributed by atoms with Gasteiger partial charge in [-0.05, 0) is 20.8 Å². The standard InChI is InChI=1S/C8H15N2/c1-4-10(5-2)7-6-8(3)9-10/h6-7H,4-5H2,1-3H3/q+1. The largest absolute Gasteiger partial charge is 0.172 e. The Hall–Kier alpha value is -0.630. The van der Waals surface area contributed by atoms with Gasteiger partial charge in [-0.1, -0.05) is 5.10 Å². The van der Waals surface area contributed by atoms with E-state index in [0.29, 0.717) is 0 Å². The molecule has 56 valence electrons. The molecular formula is C8H15N2+. The Morgan fingerprint density at radius 1 is 1.40 bits per heavy atom. The van der Waals surface area contributed by atoms with Crippen LogP contribution in [0.5, 0.6) is 0 Å². The highest BCUT2D eigenvalue weighted by atomic mass is 15.6. The zero-order valence-corrected chi connectivity index (χ0v) is 6.96. The van der Waals surface area contributed by atoms with E-state index in [0.717, 1.165) is 23.4 Å². The predicted molar refractivity (Wildman–Crippen MR) is 43.6 cm³/mol. The van der Waals surface area contributed by atoms with Gasteiger partial charge in [-0.25, -0.2) is 0 Å². The molecule has 0 aromatic rings. The number of nitrogens with zero attached hydrogens (tertiary/aromatic N) is 2. The molecule has 10 heavy (non-hydrogen) atoms. The maximum atomic E-state index is 4.50. The monoisotopic (exact) mass is 139 g/mol. The van der Waals surface area contributed by atoms with Gasteiger partial charge < -0.3 is 0 Å². The summed E-state index contributed by atoms with van der Waals surface area (Å²) in [5, 5.41) is 4.50. The van der Waals surface area contributed by atoms with Crippen molar-refractivity contribution >= 4 is 5.71 Å². The van der Waals surface area contributed by atoms with Crippen LogP contribution in [-0.2, 0) is 0 Å². The molecule has 0 aromatic carbocycles. The third-order valence-corrected chi connectivity index (χ3v) is 2.05. The summed E-state index contributed by atoms with van der Waals surface area (Å²) in [6.45, 7) is 8.49. The van der Waals surface area contributed by atoms with Crippen LogP contribution in [0.3, 0.4) is 0 Å². The summed E-state index contributed by atoms with van der Waals surface area (Å²) < 4.78 is 0.784. The lowest BCUT2D eigenvalue weighted by molar-refractivity contribution is -0.880. The van der Waals surface area contributed by atoms with Crippen molar-refractivity contribution < 1.29 is 4.59 Å². The minimum atomic E-state index is 0.784. The Balaban J connectivity index is 2.80. The normalized spacial score (nSPS) is 21.3. The van der Waals surface area contributed by atoms with Gasteiger partial charge in [0.05, 0.1) is 5.71 Å². The minimum Gasteiger partial charge on any atom is -0.172 e. The first-order valence-corrected chi connectivity index (χ1v) is 3.85. The first-order chi connectivity index (χ1) is 4.72. The third-order valence-electron chi connectivity index (χ3n) is 2.05. The van der Waals surface area contributed by atoms with Crippen LogP contribution < -0.4 is 0 Å². The second kappa shape index (κ2) is 2.54. The highest BCUT2D eigenvalue weighted by Gasteiger charge is 2.23. The maximum Gasteiger partial charge on any atom is 0.124 e. The van der Waals surface area contributed by atoms with Crippen molar-refractivity contribution in [3.63, 3.8) is 0 Å². The molecule has 0 bridgehead atoms. The van der Waals surface area contributed by atoms with E-state index in [9.17, 15) is 0 Å². The van der Waals surface area contributed by atoms with E-state index in [1.807, 2.05) is 6.92 Å². The van der Waals surface area contributed by atoms with Gasteiger partial charge in [0.2, 0.25) is 0 Å². The zero-order chi connectivity index (χ0) is 7.61. The van der Waals surface area contributed by atoms with E-state index in [1.54, 1.807) is 0 Å². The van der Waals surface area contributed by atoms with Gasteiger partial charge in [-0.2, -0.15) is 4.59 Å². The molecule has 1 aliphatic heterocycles. The zero-order valence-electron chi connectivity index (χ0n) is 6.96. The Kier molecular flexibility index (Phi) is 1.90. The molecule has 0 N–H and O–H groups in total. The Morgan fingerprint density at radius 2 is 2.00 bits per heavy atom. The molecule has 1 heterocycles. The summed E-state index contributed by atoms with van der Waals surface area (Å²) in [4.78, 5) is 0. The minimum absolute atomic E-state index is 0.784. The maximum absolute atomic E-state index is 4.50. The molecule has 0 unspecified atom stereocenters. The SMILES string of the molecule is CC[N+]1(CC)C=CC(C)=N1. The first kappa shape index (κ1) is 7.48. The van der Waals surface area contributed by atoms with Crippen molar-refractivity contribution in [2.24, 2.45) is 5.10 Å². The quantitative estimate of drug-likeness (QED) is 0.517. The summed E-state index contributed by atoms with van der Waals surface area (Å²) in [7, 11) is 0. The Labute approximate surface area is 62.4 Å². The van der Waals surface area contributed by atoms with Gasteiger partial charge in [0.25, 0.3) is 0 Å². The van der Waals surface area contributed by atoms with Crippen LogP contribution in [0.4, 0.5) is 0 Å². The van der Waals surface area contributed by atoms with Crippen molar-refractivity contribution in [3.8, 4) is 0 Å². The molecule has 0 aromatic heterocycles. The second-order valence-electron chi connectivity index (χ2n) is 2.68. The lowest BCUT2D eigenvalue weighted by Crippen LogP contribution is -2.34. The number of hydrogen-bond acceptors (Lipinski definition) is 1. The van der Waals surface area contributed by atoms with Crippen molar-refractivity contribution in [2.45, 2.75) is 20.8 Å². The van der Waals surface area contributed by atoms with Crippen molar-refractivity contribution in [3.05, 3.63) is 12.3 Å². The summed E-state index contributed by atoms with van der Waals surface area (Å²) in [6, 6.07) is 0. The van der Waals surface area contributed by atoms with E-state index in [4.69, 9.17) is 0 Å². The van der Waals surface area contributed by atoms with Crippen molar-refractivity contribution in [2.75, 3.05) is 13.1 Å². The number of rotatable bonds is 2. The van der Waals surface area contributed by atoms with Crippen molar-refractivity contribution in [1.29, 1.82) is 0 Å². The molecule has 2 nitrogen and oxygen atoms in total. The predicted octanol–water partition coefficient (Wildman–Crippen LogP) is 1.75. The molecule has 1 rings (SSSR count). The van der Waals surface area contributed by atoms with E-state index in [1.165, 1.54) is 0 Å². The van der Waals surface area contributed by atoms with Gasteiger partial charge >= 0.3 is 0 Å². The summed E-state index contributed by atoms with van der Waals surface area (Å²) >= 11 is 0. The van der Waals surface area contributed by atoms with E-state index >= 15 is 0 Å². The molecule has 2 heteroatoms. The van der Waals surface area contributed by atoms with Gasteiger partial charge in [-0.3, -0.25) is 0 Å². The molecule has 0 spiro atoms. The molecule has 1 aliphatic rings. The number of quaternary nitrogens is 1. The fourth-order valence-electron chi connectivity index (χ4n) is 1.20. The molecular weight excluding hydrogens is 124 g/mol. The van der Waals surface area contributed by atoms with Crippen LogP contribution in [0.1, 0.15) is 20.8 Å². The lowest BCUT2D eigenvalue weighted by Gasteiger charge is -2.21. The molecule has 0 aliphatic carbocycles. The average Bonchev–Trinajstić information content (AvgIpc) is 2.33. The molecule has 0 radical (unpaired) electrons. The third kappa shape index (κ3) is 1.12. The fourth-order valence-corrected chi connectivity index (χ4v) is 1.20. The fraction of sp³-hybridized carbons (Fsp3) is 0.625. The van der Waals surface area contributed by atoms with Crippen LogP contribution in [0.25, 0.3) is 0 Å². The van der Waals surface area contributed by atoms with Crippen LogP contribution in [0, 0.1) is 0 Å². The van der Waals surface area contributed by atoms with Gasteiger partial charge in [0.1, 0.15) is 19.3 Å². The van der Waals surface area contributed by atoms with Crippen LogP contribution in [0.2, 0.25) is 0 Å². The summed E-state index contributed by atoms with van der Waals surface area (Å²) in [5.74, 6) is 0. The van der Waals surface area contributed by atoms with Gasteiger partial charge in [0.15, 0.2) is 0 Å². The number of allylic oxidation sites excluding steroid dienone is 1. The van der Waals surface area contributed by atoms with Gasteiger partial charge in [-0.15, -0.1) is 0 Å². The summed E-state index contributed by atoms with van der Waals surface area (Å²) in [5.41, 5.74) is 1.14. The Bertz CT molecular complexity index is 176. The number of hydrogen-bond donors (Lipinski definition) is 0. The molecule has 0 fully saturated rings. The highest BCUT2D eigenvalue weighted by molar-refractivity contribution is 5.92. The topological polar surface area (TPSA) is 12.4 Å².